The van der Waals surface area contributed by atoms with Crippen LogP contribution in [-0.4, -0.2) is 34.4 Å². The van der Waals surface area contributed by atoms with Gasteiger partial charge in [0, 0.05) is 36.7 Å². The molecule has 0 bridgehead atoms. The van der Waals surface area contributed by atoms with Crippen molar-refractivity contribution in [1.82, 2.24) is 9.47 Å². The zero-order chi connectivity index (χ0) is 23.3. The van der Waals surface area contributed by atoms with Gasteiger partial charge in [-0.15, -0.1) is 0 Å². The molecule has 0 radical (unpaired) electrons. The van der Waals surface area contributed by atoms with Gasteiger partial charge in [-0.25, -0.2) is 4.39 Å². The Hall–Kier alpha value is -3.45. The molecule has 0 unspecified atom stereocenters. The Labute approximate surface area is 189 Å². The van der Waals surface area contributed by atoms with Gasteiger partial charge in [0.2, 0.25) is 11.8 Å². The van der Waals surface area contributed by atoms with Crippen LogP contribution in [-0.2, 0) is 16.1 Å². The van der Waals surface area contributed by atoms with Gasteiger partial charge in [0.1, 0.15) is 18.2 Å². The highest BCUT2D eigenvalue weighted by Gasteiger charge is 2.13. The minimum absolute atomic E-state index is 0.0830. The van der Waals surface area contributed by atoms with E-state index >= 15 is 0 Å². The fraction of sp³-hybridized carbons (Fsp3) is 0.208. The molecule has 0 aliphatic heterocycles. The van der Waals surface area contributed by atoms with E-state index in [0.29, 0.717) is 16.3 Å². The van der Waals surface area contributed by atoms with Crippen molar-refractivity contribution >= 4 is 23.4 Å². The first kappa shape index (κ1) is 23.2. The molecule has 0 saturated heterocycles. The van der Waals surface area contributed by atoms with E-state index in [0.717, 1.165) is 16.0 Å². The lowest BCUT2D eigenvalue weighted by molar-refractivity contribution is -0.142. The van der Waals surface area contributed by atoms with Crippen molar-refractivity contribution < 1.29 is 18.7 Å². The maximum Gasteiger partial charge on any atom is 0.250 e. The van der Waals surface area contributed by atoms with E-state index in [4.69, 9.17) is 16.3 Å². The van der Waals surface area contributed by atoms with Crippen molar-refractivity contribution in [3.8, 4) is 16.9 Å². The average molecular weight is 457 g/mol. The van der Waals surface area contributed by atoms with Crippen molar-refractivity contribution in [1.29, 1.82) is 0 Å². The minimum Gasteiger partial charge on any atom is -0.492 e. The van der Waals surface area contributed by atoms with Crippen LogP contribution in [0.3, 0.4) is 0 Å². The molecule has 0 saturated carbocycles. The van der Waals surface area contributed by atoms with Gasteiger partial charge < -0.3 is 9.30 Å². The number of aromatic nitrogens is 1. The molecule has 0 aliphatic carbocycles. The van der Waals surface area contributed by atoms with Crippen LogP contribution in [0.5, 0.6) is 5.75 Å². The lowest BCUT2D eigenvalue weighted by Crippen LogP contribution is -2.36. The first-order valence-electron chi connectivity index (χ1n) is 9.91. The Bertz CT molecular complexity index is 1180. The Morgan fingerprint density at radius 2 is 1.66 bits per heavy atom. The third-order valence-electron chi connectivity index (χ3n) is 4.87. The molecule has 0 aliphatic rings. The highest BCUT2D eigenvalue weighted by Crippen LogP contribution is 2.22. The monoisotopic (exact) mass is 456 g/mol. The van der Waals surface area contributed by atoms with E-state index in [1.54, 1.807) is 36.5 Å². The summed E-state index contributed by atoms with van der Waals surface area (Å²) in [5.41, 5.74) is 1.74. The second kappa shape index (κ2) is 10.2. The zero-order valence-electron chi connectivity index (χ0n) is 17.7. The SMILES string of the molecule is CC(=O)N(CCOc1ccc(-c2ccc(=O)n(Cc3ccc(Cl)cc3F)c2)cc1)C(C)=O. The van der Waals surface area contributed by atoms with Crippen molar-refractivity contribution in [2.75, 3.05) is 13.2 Å². The van der Waals surface area contributed by atoms with Crippen molar-refractivity contribution in [2.45, 2.75) is 20.4 Å². The largest absolute Gasteiger partial charge is 0.492 e. The van der Waals surface area contributed by atoms with E-state index in [2.05, 4.69) is 0 Å². The van der Waals surface area contributed by atoms with Gasteiger partial charge in [0.25, 0.3) is 5.56 Å². The van der Waals surface area contributed by atoms with E-state index in [-0.39, 0.29) is 37.1 Å². The molecule has 1 aromatic heterocycles. The lowest BCUT2D eigenvalue weighted by atomic mass is 10.1. The zero-order valence-corrected chi connectivity index (χ0v) is 18.4. The van der Waals surface area contributed by atoms with Crippen LogP contribution in [0.25, 0.3) is 11.1 Å². The first-order valence-corrected chi connectivity index (χ1v) is 10.3. The van der Waals surface area contributed by atoms with Crippen molar-refractivity contribution in [3.63, 3.8) is 0 Å². The van der Waals surface area contributed by atoms with E-state index in [9.17, 15) is 18.8 Å². The third-order valence-corrected chi connectivity index (χ3v) is 5.11. The summed E-state index contributed by atoms with van der Waals surface area (Å²) in [5, 5.41) is 0.296. The number of carbonyl (C=O) groups is 2. The van der Waals surface area contributed by atoms with Gasteiger partial charge in [-0.1, -0.05) is 29.8 Å². The van der Waals surface area contributed by atoms with E-state index < -0.39 is 5.82 Å². The Balaban J connectivity index is 1.70. The normalized spacial score (nSPS) is 10.6. The predicted molar refractivity (Wildman–Crippen MR) is 120 cm³/mol. The number of carbonyl (C=O) groups excluding carboxylic acids is 2. The van der Waals surface area contributed by atoms with Gasteiger partial charge in [-0.2, -0.15) is 0 Å². The maximum absolute atomic E-state index is 14.1. The van der Waals surface area contributed by atoms with Crippen LogP contribution in [0.2, 0.25) is 5.02 Å². The summed E-state index contributed by atoms with van der Waals surface area (Å²) in [4.78, 5) is 36.2. The number of rotatable bonds is 7. The molecule has 2 aromatic carbocycles. The van der Waals surface area contributed by atoms with Crippen LogP contribution in [0.15, 0.2) is 65.6 Å². The molecule has 6 nitrogen and oxygen atoms in total. The fourth-order valence-electron chi connectivity index (χ4n) is 3.19. The topological polar surface area (TPSA) is 68.6 Å². The Morgan fingerprint density at radius 3 is 2.28 bits per heavy atom. The summed E-state index contributed by atoms with van der Waals surface area (Å²) in [5.74, 6) is -0.545. The second-order valence-electron chi connectivity index (χ2n) is 7.18. The molecule has 166 valence electrons. The summed E-state index contributed by atoms with van der Waals surface area (Å²) in [7, 11) is 0. The quantitative estimate of drug-likeness (QED) is 0.536. The molecule has 0 atom stereocenters. The number of hydrogen-bond donors (Lipinski definition) is 0. The van der Waals surface area contributed by atoms with Gasteiger partial charge in [-0.3, -0.25) is 19.3 Å². The number of benzene rings is 2. The van der Waals surface area contributed by atoms with Crippen molar-refractivity contribution in [3.05, 3.63) is 87.6 Å². The molecular weight excluding hydrogens is 435 g/mol. The molecule has 32 heavy (non-hydrogen) atoms. The summed E-state index contributed by atoms with van der Waals surface area (Å²) >= 11 is 5.79. The number of nitrogens with zero attached hydrogens (tertiary/aromatic N) is 2. The van der Waals surface area contributed by atoms with Crippen LogP contribution in [0.4, 0.5) is 4.39 Å². The number of amides is 2. The third kappa shape index (κ3) is 5.82. The smallest absolute Gasteiger partial charge is 0.250 e. The molecule has 0 fully saturated rings. The van der Waals surface area contributed by atoms with Crippen molar-refractivity contribution in [2.24, 2.45) is 0 Å². The van der Waals surface area contributed by atoms with Crippen LogP contribution >= 0.6 is 11.6 Å². The minimum atomic E-state index is -0.468. The molecule has 3 rings (SSSR count). The molecule has 0 spiro atoms. The number of imide groups is 1. The Kier molecular flexibility index (Phi) is 7.43. The number of halogens is 2. The molecule has 8 heteroatoms. The molecule has 1 heterocycles. The molecule has 3 aromatic rings. The Morgan fingerprint density at radius 1 is 1.00 bits per heavy atom. The predicted octanol–water partition coefficient (Wildman–Crippen LogP) is 4.13. The maximum atomic E-state index is 14.1. The molecular formula is C24H22ClFN2O4. The van der Waals surface area contributed by atoms with Crippen LogP contribution < -0.4 is 10.3 Å². The summed E-state index contributed by atoms with van der Waals surface area (Å²) in [6, 6.07) is 14.7. The van der Waals surface area contributed by atoms with E-state index in [1.807, 2.05) is 12.1 Å². The number of hydrogen-bond acceptors (Lipinski definition) is 4. The van der Waals surface area contributed by atoms with Gasteiger partial charge in [0.15, 0.2) is 0 Å². The fourth-order valence-corrected chi connectivity index (χ4v) is 3.35. The molecule has 0 N–H and O–H groups in total. The van der Waals surface area contributed by atoms with Gasteiger partial charge in [0.05, 0.1) is 13.1 Å². The van der Waals surface area contributed by atoms with Gasteiger partial charge in [-0.05, 0) is 41.5 Å². The highest BCUT2D eigenvalue weighted by atomic mass is 35.5. The van der Waals surface area contributed by atoms with Gasteiger partial charge >= 0.3 is 0 Å². The number of pyridine rings is 1. The molecule has 2 amide bonds. The van der Waals surface area contributed by atoms with Crippen LogP contribution in [0, 0.1) is 5.82 Å². The first-order chi connectivity index (χ1) is 15.2. The summed E-state index contributed by atoms with van der Waals surface area (Å²) in [6.45, 7) is 3.09. The van der Waals surface area contributed by atoms with E-state index in [1.165, 1.54) is 30.5 Å². The number of ether oxygens (including phenoxy) is 1. The van der Waals surface area contributed by atoms with Crippen LogP contribution in [0.1, 0.15) is 19.4 Å². The highest BCUT2D eigenvalue weighted by molar-refractivity contribution is 6.30. The summed E-state index contributed by atoms with van der Waals surface area (Å²) < 4.78 is 21.2. The summed E-state index contributed by atoms with van der Waals surface area (Å²) in [6.07, 6.45) is 1.67. The average Bonchev–Trinajstić information content (AvgIpc) is 2.74. The lowest BCUT2D eigenvalue weighted by Gasteiger charge is -2.17. The second-order valence-corrected chi connectivity index (χ2v) is 7.62. The standard InChI is InChI=1S/C24H22ClFN2O4/c1-16(29)28(17(2)30)11-12-32-22-8-4-18(5-9-22)19-6-10-24(31)27(14-19)15-20-3-7-21(25)13-23(20)26/h3-10,13-14H,11-12,15H2,1-2H3.